The SMILES string of the molecule is CCN1C(=O)N[C@@H](c2cccc(Oc3ccccc3)c2)C2=C1CN([C@H](CC(C)C)C(=O)NC(C)C)C2=O. The molecule has 2 aliphatic rings. The molecule has 8 nitrogen and oxygen atoms in total. The first kappa shape index (κ1) is 26.3. The molecule has 2 aliphatic heterocycles. The van der Waals surface area contributed by atoms with Crippen molar-refractivity contribution in [1.29, 1.82) is 0 Å². The van der Waals surface area contributed by atoms with E-state index >= 15 is 0 Å². The molecule has 37 heavy (non-hydrogen) atoms. The fourth-order valence-corrected chi connectivity index (χ4v) is 4.93. The van der Waals surface area contributed by atoms with Crippen molar-refractivity contribution in [3.05, 3.63) is 71.4 Å². The van der Waals surface area contributed by atoms with Gasteiger partial charge in [-0.15, -0.1) is 0 Å². The van der Waals surface area contributed by atoms with Crippen molar-refractivity contribution >= 4 is 17.8 Å². The Balaban J connectivity index is 1.69. The number of rotatable bonds is 9. The van der Waals surface area contributed by atoms with E-state index < -0.39 is 12.1 Å². The van der Waals surface area contributed by atoms with Gasteiger partial charge in [0, 0.05) is 12.6 Å². The highest BCUT2D eigenvalue weighted by molar-refractivity contribution is 6.03. The highest BCUT2D eigenvalue weighted by Crippen LogP contribution is 2.38. The summed E-state index contributed by atoms with van der Waals surface area (Å²) >= 11 is 0. The molecule has 0 radical (unpaired) electrons. The molecule has 2 N–H and O–H groups in total. The van der Waals surface area contributed by atoms with Gasteiger partial charge in [0.15, 0.2) is 0 Å². The standard InChI is InChI=1S/C29H36N4O4/c1-6-32-24-17-33(23(15-18(2)3)27(34)30-19(4)5)28(35)25(24)26(31-29(32)36)20-11-10-14-22(16-20)37-21-12-8-7-9-13-21/h7-14,16,18-19,23,26H,6,15,17H2,1-5H3,(H,30,34)(H,31,36)/t23-,26+/m1/s1. The molecule has 0 unspecified atom stereocenters. The minimum Gasteiger partial charge on any atom is -0.457 e. The Labute approximate surface area is 218 Å². The minimum absolute atomic E-state index is 0.0436. The lowest BCUT2D eigenvalue weighted by molar-refractivity contribution is -0.137. The molecule has 0 spiro atoms. The number of para-hydroxylation sites is 1. The van der Waals surface area contributed by atoms with Gasteiger partial charge in [-0.05, 0) is 62.9 Å². The van der Waals surface area contributed by atoms with Crippen LogP contribution in [-0.2, 0) is 9.59 Å². The van der Waals surface area contributed by atoms with E-state index in [9.17, 15) is 14.4 Å². The van der Waals surface area contributed by atoms with Gasteiger partial charge in [0.1, 0.15) is 17.5 Å². The Morgan fingerprint density at radius 1 is 1.05 bits per heavy atom. The van der Waals surface area contributed by atoms with Gasteiger partial charge in [0.25, 0.3) is 5.91 Å². The summed E-state index contributed by atoms with van der Waals surface area (Å²) < 4.78 is 6.00. The van der Waals surface area contributed by atoms with Gasteiger partial charge in [-0.25, -0.2) is 4.79 Å². The normalized spacial score (nSPS) is 18.3. The summed E-state index contributed by atoms with van der Waals surface area (Å²) in [6.45, 7) is 10.4. The number of nitrogens with zero attached hydrogens (tertiary/aromatic N) is 2. The number of carbonyl (C=O) groups is 3. The Hall–Kier alpha value is -3.81. The zero-order valence-corrected chi connectivity index (χ0v) is 22.2. The van der Waals surface area contributed by atoms with Gasteiger partial charge >= 0.3 is 6.03 Å². The van der Waals surface area contributed by atoms with Crippen LogP contribution in [0.1, 0.15) is 52.6 Å². The predicted molar refractivity (Wildman–Crippen MR) is 142 cm³/mol. The van der Waals surface area contributed by atoms with Crippen molar-refractivity contribution in [3.8, 4) is 11.5 Å². The predicted octanol–water partition coefficient (Wildman–Crippen LogP) is 4.60. The quantitative estimate of drug-likeness (QED) is 0.522. The lowest BCUT2D eigenvalue weighted by atomic mass is 9.95. The highest BCUT2D eigenvalue weighted by Gasteiger charge is 2.47. The molecular formula is C29H36N4O4. The molecule has 0 saturated heterocycles. The third-order valence-electron chi connectivity index (χ3n) is 6.54. The lowest BCUT2D eigenvalue weighted by Crippen LogP contribution is -2.50. The van der Waals surface area contributed by atoms with Crippen LogP contribution in [0.3, 0.4) is 0 Å². The maximum absolute atomic E-state index is 14.0. The van der Waals surface area contributed by atoms with Crippen LogP contribution < -0.4 is 15.4 Å². The van der Waals surface area contributed by atoms with E-state index in [0.717, 1.165) is 5.56 Å². The van der Waals surface area contributed by atoms with E-state index in [0.29, 0.717) is 35.7 Å². The fourth-order valence-electron chi connectivity index (χ4n) is 4.93. The number of nitrogens with one attached hydrogen (secondary N) is 2. The van der Waals surface area contributed by atoms with E-state index in [1.807, 2.05) is 89.2 Å². The van der Waals surface area contributed by atoms with Crippen LogP contribution >= 0.6 is 0 Å². The van der Waals surface area contributed by atoms with Crippen molar-refractivity contribution in [2.45, 2.75) is 59.2 Å². The number of urea groups is 1. The van der Waals surface area contributed by atoms with E-state index in [2.05, 4.69) is 10.6 Å². The molecule has 2 atom stereocenters. The zero-order chi connectivity index (χ0) is 26.7. The summed E-state index contributed by atoms with van der Waals surface area (Å²) in [5, 5.41) is 5.98. The molecule has 0 fully saturated rings. The van der Waals surface area contributed by atoms with Crippen LogP contribution in [0.25, 0.3) is 0 Å². The van der Waals surface area contributed by atoms with Crippen LogP contribution in [0, 0.1) is 5.92 Å². The summed E-state index contributed by atoms with van der Waals surface area (Å²) in [5.41, 5.74) is 1.90. The third kappa shape index (κ3) is 5.63. The average molecular weight is 505 g/mol. The molecule has 4 amide bonds. The minimum atomic E-state index is -0.644. The van der Waals surface area contributed by atoms with Crippen LogP contribution in [0.4, 0.5) is 4.79 Å². The van der Waals surface area contributed by atoms with Crippen molar-refractivity contribution < 1.29 is 19.1 Å². The molecule has 0 saturated carbocycles. The molecule has 2 aromatic rings. The second-order valence-corrected chi connectivity index (χ2v) is 10.2. The van der Waals surface area contributed by atoms with Gasteiger partial charge < -0.3 is 20.3 Å². The zero-order valence-electron chi connectivity index (χ0n) is 22.2. The van der Waals surface area contributed by atoms with Crippen LogP contribution in [0.5, 0.6) is 11.5 Å². The first-order valence-electron chi connectivity index (χ1n) is 12.9. The van der Waals surface area contributed by atoms with Crippen molar-refractivity contribution in [3.63, 3.8) is 0 Å². The Bertz CT molecular complexity index is 1190. The monoisotopic (exact) mass is 504 g/mol. The first-order valence-corrected chi connectivity index (χ1v) is 12.9. The number of ether oxygens (including phenoxy) is 1. The second-order valence-electron chi connectivity index (χ2n) is 10.2. The molecule has 4 rings (SSSR count). The Kier molecular flexibility index (Phi) is 7.86. The second kappa shape index (κ2) is 11.1. The third-order valence-corrected chi connectivity index (χ3v) is 6.54. The summed E-state index contributed by atoms with van der Waals surface area (Å²) in [7, 11) is 0. The molecule has 2 aromatic carbocycles. The number of benzene rings is 2. The molecule has 0 aliphatic carbocycles. The van der Waals surface area contributed by atoms with Crippen LogP contribution in [0.2, 0.25) is 0 Å². The molecule has 0 aromatic heterocycles. The lowest BCUT2D eigenvalue weighted by Gasteiger charge is -2.33. The Morgan fingerprint density at radius 2 is 1.76 bits per heavy atom. The molecular weight excluding hydrogens is 468 g/mol. The van der Waals surface area contributed by atoms with Crippen molar-refractivity contribution in [2.24, 2.45) is 5.92 Å². The molecule has 0 bridgehead atoms. The fraction of sp³-hybridized carbons (Fsp3) is 0.414. The number of carbonyl (C=O) groups excluding carboxylic acids is 3. The van der Waals surface area contributed by atoms with Gasteiger partial charge in [-0.3, -0.25) is 14.5 Å². The summed E-state index contributed by atoms with van der Waals surface area (Å²) in [6.07, 6.45) is 0.531. The average Bonchev–Trinajstić information content (AvgIpc) is 3.19. The number of hydrogen-bond acceptors (Lipinski definition) is 4. The summed E-state index contributed by atoms with van der Waals surface area (Å²) in [4.78, 5) is 43.5. The maximum Gasteiger partial charge on any atom is 0.322 e. The number of likely N-dealkylation sites (N-methyl/N-ethyl adjacent to an activating group) is 1. The number of amides is 4. The maximum atomic E-state index is 14.0. The number of hydrogen-bond donors (Lipinski definition) is 2. The largest absolute Gasteiger partial charge is 0.457 e. The van der Waals surface area contributed by atoms with E-state index in [1.165, 1.54) is 0 Å². The van der Waals surface area contributed by atoms with Crippen LogP contribution in [-0.4, -0.2) is 52.8 Å². The van der Waals surface area contributed by atoms with Crippen molar-refractivity contribution in [1.82, 2.24) is 20.4 Å². The van der Waals surface area contributed by atoms with E-state index in [-0.39, 0.29) is 36.3 Å². The van der Waals surface area contributed by atoms with Gasteiger partial charge in [0.05, 0.1) is 23.9 Å². The first-order chi connectivity index (χ1) is 17.7. The van der Waals surface area contributed by atoms with Crippen molar-refractivity contribution in [2.75, 3.05) is 13.1 Å². The van der Waals surface area contributed by atoms with E-state index in [4.69, 9.17) is 4.74 Å². The summed E-state index contributed by atoms with van der Waals surface area (Å²) in [5.74, 6) is 1.11. The Morgan fingerprint density at radius 3 is 2.41 bits per heavy atom. The van der Waals surface area contributed by atoms with Gasteiger partial charge in [-0.1, -0.05) is 44.2 Å². The van der Waals surface area contributed by atoms with E-state index in [1.54, 1.807) is 9.80 Å². The highest BCUT2D eigenvalue weighted by atomic mass is 16.5. The molecule has 196 valence electrons. The summed E-state index contributed by atoms with van der Waals surface area (Å²) in [6, 6.07) is 15.3. The molecule has 2 heterocycles. The molecule has 8 heteroatoms. The smallest absolute Gasteiger partial charge is 0.322 e. The van der Waals surface area contributed by atoms with Gasteiger partial charge in [0.2, 0.25) is 5.91 Å². The van der Waals surface area contributed by atoms with Crippen LogP contribution in [0.15, 0.2) is 65.9 Å². The van der Waals surface area contributed by atoms with Gasteiger partial charge in [-0.2, -0.15) is 0 Å². The topological polar surface area (TPSA) is 91.0 Å².